The van der Waals surface area contributed by atoms with Gasteiger partial charge >= 0.3 is 5.97 Å². The van der Waals surface area contributed by atoms with E-state index in [2.05, 4.69) is 19.9 Å². The average molecular weight is 523 g/mol. The fourth-order valence-electron chi connectivity index (χ4n) is 5.76. The van der Waals surface area contributed by atoms with Crippen LogP contribution in [-0.4, -0.2) is 18.2 Å². The molecule has 1 N–H and O–H groups in total. The molecule has 4 nitrogen and oxygen atoms in total. The van der Waals surface area contributed by atoms with Crippen LogP contribution in [0.4, 0.5) is 8.78 Å². The molecule has 6 heteroatoms. The summed E-state index contributed by atoms with van der Waals surface area (Å²) in [5.41, 5.74) is 4.01. The Morgan fingerprint density at radius 3 is 2.50 bits per heavy atom. The van der Waals surface area contributed by atoms with Crippen LogP contribution in [0.2, 0.25) is 0 Å². The Labute approximate surface area is 223 Å². The van der Waals surface area contributed by atoms with Gasteiger partial charge in [-0.15, -0.1) is 0 Å². The quantitative estimate of drug-likeness (QED) is 0.290. The largest absolute Gasteiger partial charge is 0.497 e. The summed E-state index contributed by atoms with van der Waals surface area (Å²) in [7, 11) is 1.57. The first-order chi connectivity index (χ1) is 18.1. The van der Waals surface area contributed by atoms with Gasteiger partial charge in [-0.25, -0.2) is 8.78 Å². The second-order valence-electron chi connectivity index (χ2n) is 10.9. The smallest absolute Gasteiger partial charge is 0.303 e. The molecule has 2 atom stereocenters. The predicted molar refractivity (Wildman–Crippen MR) is 145 cm³/mol. The number of carboxylic acid groups (broad SMARTS) is 1. The highest BCUT2D eigenvalue weighted by atomic mass is 19.1. The van der Waals surface area contributed by atoms with Crippen LogP contribution in [-0.2, 0) is 11.4 Å². The van der Waals surface area contributed by atoms with Crippen LogP contribution in [0, 0.1) is 17.0 Å². The third-order valence-electron chi connectivity index (χ3n) is 7.90. The van der Waals surface area contributed by atoms with Gasteiger partial charge in [0.05, 0.1) is 13.5 Å². The summed E-state index contributed by atoms with van der Waals surface area (Å²) in [5, 5.41) is 9.22. The van der Waals surface area contributed by atoms with Gasteiger partial charge in [0.15, 0.2) is 0 Å². The summed E-state index contributed by atoms with van der Waals surface area (Å²) in [6.45, 7) is 6.61. The number of carbonyl (C=O) groups is 1. The van der Waals surface area contributed by atoms with Crippen molar-refractivity contribution in [3.05, 3.63) is 82.9 Å². The van der Waals surface area contributed by atoms with Crippen LogP contribution in [0.25, 0.3) is 11.1 Å². The maximum Gasteiger partial charge on any atom is 0.303 e. The van der Waals surface area contributed by atoms with E-state index in [1.165, 1.54) is 18.2 Å². The first kappa shape index (κ1) is 27.6. The zero-order chi connectivity index (χ0) is 27.4. The van der Waals surface area contributed by atoms with Gasteiger partial charge in [0, 0.05) is 11.6 Å². The molecule has 1 aliphatic carbocycles. The van der Waals surface area contributed by atoms with Gasteiger partial charge in [-0.1, -0.05) is 45.4 Å². The summed E-state index contributed by atoms with van der Waals surface area (Å²) in [4.78, 5) is 11.2. The van der Waals surface area contributed by atoms with Gasteiger partial charge in [-0.3, -0.25) is 4.79 Å². The Morgan fingerprint density at radius 2 is 1.84 bits per heavy atom. The van der Waals surface area contributed by atoms with Crippen molar-refractivity contribution in [2.75, 3.05) is 7.11 Å². The predicted octanol–water partition coefficient (Wildman–Crippen LogP) is 8.48. The number of rotatable bonds is 10. The molecule has 0 amide bonds. The van der Waals surface area contributed by atoms with Gasteiger partial charge in [0.1, 0.15) is 29.7 Å². The normalized spacial score (nSPS) is 17.3. The highest BCUT2D eigenvalue weighted by Gasteiger charge is 2.37. The number of hydrogen-bond donors (Lipinski definition) is 1. The Bertz CT molecular complexity index is 1300. The van der Waals surface area contributed by atoms with Crippen molar-refractivity contribution in [2.24, 2.45) is 5.41 Å². The minimum absolute atomic E-state index is 0.0672. The van der Waals surface area contributed by atoms with Crippen LogP contribution in [0.1, 0.15) is 81.4 Å². The molecule has 1 saturated carbocycles. The van der Waals surface area contributed by atoms with Crippen molar-refractivity contribution < 1.29 is 28.2 Å². The van der Waals surface area contributed by atoms with Crippen LogP contribution >= 0.6 is 0 Å². The van der Waals surface area contributed by atoms with E-state index in [0.717, 1.165) is 36.0 Å². The van der Waals surface area contributed by atoms with Gasteiger partial charge in [0.2, 0.25) is 0 Å². The number of carboxylic acids is 1. The molecule has 1 fully saturated rings. The summed E-state index contributed by atoms with van der Waals surface area (Å²) in [5.74, 6) is -0.762. The molecule has 0 saturated heterocycles. The number of ether oxygens (including phenoxy) is 2. The average Bonchev–Trinajstić information content (AvgIpc) is 3.24. The molecule has 0 aliphatic heterocycles. The van der Waals surface area contributed by atoms with Crippen molar-refractivity contribution in [3.63, 3.8) is 0 Å². The van der Waals surface area contributed by atoms with Crippen molar-refractivity contribution in [1.82, 2.24) is 0 Å². The molecule has 0 radical (unpaired) electrons. The zero-order valence-electron chi connectivity index (χ0n) is 22.5. The lowest BCUT2D eigenvalue weighted by molar-refractivity contribution is -0.137. The number of benzene rings is 3. The summed E-state index contributed by atoms with van der Waals surface area (Å²) in [6.07, 6.45) is 3.74. The molecule has 38 heavy (non-hydrogen) atoms. The molecule has 0 unspecified atom stereocenters. The van der Waals surface area contributed by atoms with E-state index in [0.29, 0.717) is 29.0 Å². The number of methoxy groups -OCH3 is 1. The van der Waals surface area contributed by atoms with Crippen molar-refractivity contribution in [2.45, 2.75) is 71.3 Å². The lowest BCUT2D eigenvalue weighted by Gasteiger charge is -2.30. The van der Waals surface area contributed by atoms with Crippen LogP contribution in [0.15, 0.2) is 54.6 Å². The summed E-state index contributed by atoms with van der Waals surface area (Å²) < 4.78 is 40.8. The van der Waals surface area contributed by atoms with E-state index in [4.69, 9.17) is 9.47 Å². The first-order valence-electron chi connectivity index (χ1n) is 13.2. The third kappa shape index (κ3) is 6.17. The van der Waals surface area contributed by atoms with E-state index in [-0.39, 0.29) is 36.1 Å². The van der Waals surface area contributed by atoms with Gasteiger partial charge in [-0.2, -0.15) is 0 Å². The molecule has 202 valence electrons. The minimum atomic E-state index is -0.918. The molecular formula is C32H36F2O4. The second kappa shape index (κ2) is 11.5. The Kier molecular flexibility index (Phi) is 8.39. The molecule has 3 aromatic rings. The second-order valence-corrected chi connectivity index (χ2v) is 10.9. The fourth-order valence-corrected chi connectivity index (χ4v) is 5.76. The van der Waals surface area contributed by atoms with E-state index < -0.39 is 11.8 Å². The van der Waals surface area contributed by atoms with E-state index >= 15 is 4.39 Å². The SMILES string of the molecule is CC[C@@H](CC(=O)O)c1cc(F)cc(OCc2ccc(-c3cc(OC)ccc3F)c([C@@H]3CCCC3(C)C)c2)c1. The van der Waals surface area contributed by atoms with Gasteiger partial charge in [-0.05, 0) is 89.1 Å². The molecule has 0 spiro atoms. The molecular weight excluding hydrogens is 486 g/mol. The lowest BCUT2D eigenvalue weighted by Crippen LogP contribution is -2.17. The van der Waals surface area contributed by atoms with Crippen molar-refractivity contribution >= 4 is 5.97 Å². The third-order valence-corrected chi connectivity index (χ3v) is 7.90. The van der Waals surface area contributed by atoms with Crippen LogP contribution < -0.4 is 9.47 Å². The molecule has 3 aromatic carbocycles. The molecule has 4 rings (SSSR count). The topological polar surface area (TPSA) is 55.8 Å². The first-order valence-corrected chi connectivity index (χ1v) is 13.2. The lowest BCUT2D eigenvalue weighted by atomic mass is 9.75. The minimum Gasteiger partial charge on any atom is -0.497 e. The number of aliphatic carboxylic acids is 1. The maximum absolute atomic E-state index is 15.0. The molecule has 1 aliphatic rings. The molecule has 0 bridgehead atoms. The fraction of sp³-hybridized carbons (Fsp3) is 0.406. The summed E-state index contributed by atoms with van der Waals surface area (Å²) >= 11 is 0. The zero-order valence-corrected chi connectivity index (χ0v) is 22.5. The van der Waals surface area contributed by atoms with Crippen molar-refractivity contribution in [1.29, 1.82) is 0 Å². The number of hydrogen-bond acceptors (Lipinski definition) is 3. The number of halogens is 2. The van der Waals surface area contributed by atoms with Gasteiger partial charge < -0.3 is 14.6 Å². The summed E-state index contributed by atoms with van der Waals surface area (Å²) in [6, 6.07) is 15.2. The van der Waals surface area contributed by atoms with Crippen molar-refractivity contribution in [3.8, 4) is 22.6 Å². The Hall–Kier alpha value is -3.41. The van der Waals surface area contributed by atoms with E-state index in [1.54, 1.807) is 25.3 Å². The monoisotopic (exact) mass is 522 g/mol. The van der Waals surface area contributed by atoms with E-state index in [9.17, 15) is 14.3 Å². The Morgan fingerprint density at radius 1 is 1.05 bits per heavy atom. The highest BCUT2D eigenvalue weighted by molar-refractivity contribution is 5.71. The van der Waals surface area contributed by atoms with Crippen LogP contribution in [0.3, 0.4) is 0 Å². The standard InChI is InChI=1S/C32H36F2O4/c1-5-21(16-31(35)36)22-14-23(33)17-25(15-22)38-19-20-8-10-26(28-18-24(37-4)9-11-30(28)34)27(13-20)29-7-6-12-32(29,2)3/h8-11,13-15,17-18,21,29H,5-7,12,16,19H2,1-4H3,(H,35,36)/t21-,29-/m0/s1. The molecule has 0 heterocycles. The van der Waals surface area contributed by atoms with Crippen LogP contribution in [0.5, 0.6) is 11.5 Å². The maximum atomic E-state index is 15.0. The molecule has 0 aromatic heterocycles. The highest BCUT2D eigenvalue weighted by Crippen LogP contribution is 2.51. The van der Waals surface area contributed by atoms with E-state index in [1.807, 2.05) is 19.1 Å². The Balaban J connectivity index is 1.66. The van der Waals surface area contributed by atoms with Gasteiger partial charge in [0.25, 0.3) is 0 Å².